The van der Waals surface area contributed by atoms with E-state index in [0.717, 1.165) is 6.42 Å². The second kappa shape index (κ2) is 3.85. The smallest absolute Gasteiger partial charge is 0.231 e. The van der Waals surface area contributed by atoms with Gasteiger partial charge in [0.05, 0.1) is 5.69 Å². The molecule has 1 rings (SSSR count). The molecule has 1 aromatic heterocycles. The number of hydrogen-bond donors (Lipinski definition) is 0. The molecule has 0 amide bonds. The van der Waals surface area contributed by atoms with Crippen molar-refractivity contribution in [3.05, 3.63) is 24.0 Å². The molecule has 0 spiro atoms. The summed E-state index contributed by atoms with van der Waals surface area (Å²) in [4.78, 5) is 21.7. The molecule has 0 aromatic carbocycles. The van der Waals surface area contributed by atoms with E-state index in [1.165, 1.54) is 4.57 Å². The van der Waals surface area contributed by atoms with Crippen LogP contribution in [0.1, 0.15) is 35.0 Å². The molecular weight excluding hydrogens is 154 g/mol. The molecular formula is C9H11NO2. The molecule has 0 atom stereocenters. The van der Waals surface area contributed by atoms with Crippen molar-refractivity contribution in [1.82, 2.24) is 4.57 Å². The molecule has 3 heteroatoms. The maximum atomic E-state index is 11.3. The van der Waals surface area contributed by atoms with E-state index in [1.54, 1.807) is 18.3 Å². The number of hydrogen-bond acceptors (Lipinski definition) is 2. The molecule has 12 heavy (non-hydrogen) atoms. The van der Waals surface area contributed by atoms with E-state index in [2.05, 4.69) is 0 Å². The van der Waals surface area contributed by atoms with Crippen molar-refractivity contribution in [2.45, 2.75) is 19.8 Å². The van der Waals surface area contributed by atoms with Gasteiger partial charge in [-0.3, -0.25) is 14.2 Å². The van der Waals surface area contributed by atoms with E-state index in [4.69, 9.17) is 0 Å². The number of carbonyl (C=O) groups excluding carboxylic acids is 2. The van der Waals surface area contributed by atoms with Crippen LogP contribution in [0.15, 0.2) is 18.3 Å². The van der Waals surface area contributed by atoms with E-state index < -0.39 is 0 Å². The number of nitrogens with zero attached hydrogens (tertiary/aromatic N) is 1. The Morgan fingerprint density at radius 3 is 3.00 bits per heavy atom. The summed E-state index contributed by atoms with van der Waals surface area (Å²) >= 11 is 0. The number of aldehydes is 1. The largest absolute Gasteiger partial charge is 0.296 e. The summed E-state index contributed by atoms with van der Waals surface area (Å²) < 4.78 is 1.39. The van der Waals surface area contributed by atoms with Gasteiger partial charge in [0.25, 0.3) is 0 Å². The molecule has 0 unspecified atom stereocenters. The summed E-state index contributed by atoms with van der Waals surface area (Å²) in [5, 5.41) is 0. The molecule has 1 aromatic rings. The molecule has 3 nitrogen and oxygen atoms in total. The molecule has 0 aliphatic heterocycles. The van der Waals surface area contributed by atoms with E-state index in [0.29, 0.717) is 18.4 Å². The highest BCUT2D eigenvalue weighted by Gasteiger charge is 2.06. The topological polar surface area (TPSA) is 39.1 Å². The van der Waals surface area contributed by atoms with Crippen LogP contribution in [0, 0.1) is 0 Å². The summed E-state index contributed by atoms with van der Waals surface area (Å²) in [5.74, 6) is -0.0235. The van der Waals surface area contributed by atoms with Crippen molar-refractivity contribution in [2.24, 2.45) is 0 Å². The minimum atomic E-state index is -0.0235. The van der Waals surface area contributed by atoms with Crippen LogP contribution in [-0.4, -0.2) is 16.8 Å². The zero-order chi connectivity index (χ0) is 8.97. The normalized spacial score (nSPS) is 9.75. The van der Waals surface area contributed by atoms with Gasteiger partial charge >= 0.3 is 0 Å². The van der Waals surface area contributed by atoms with Crippen LogP contribution >= 0.6 is 0 Å². The predicted octanol–water partition coefficient (Wildman–Crippen LogP) is 1.74. The van der Waals surface area contributed by atoms with Crippen molar-refractivity contribution in [3.63, 3.8) is 0 Å². The highest BCUT2D eigenvalue weighted by Crippen LogP contribution is 2.01. The minimum absolute atomic E-state index is 0.0235. The van der Waals surface area contributed by atoms with Crippen molar-refractivity contribution in [1.29, 1.82) is 0 Å². The zero-order valence-corrected chi connectivity index (χ0v) is 6.99. The lowest BCUT2D eigenvalue weighted by atomic mass is 10.3. The number of carbonyl (C=O) groups is 2. The third-order valence-electron chi connectivity index (χ3n) is 1.63. The summed E-state index contributed by atoms with van der Waals surface area (Å²) in [6.07, 6.45) is 3.58. The molecule has 64 valence electrons. The average Bonchev–Trinajstić information content (AvgIpc) is 2.51. The van der Waals surface area contributed by atoms with Crippen LogP contribution in [0.5, 0.6) is 0 Å². The highest BCUT2D eigenvalue weighted by molar-refractivity contribution is 5.86. The van der Waals surface area contributed by atoms with E-state index in [9.17, 15) is 9.59 Å². The van der Waals surface area contributed by atoms with Gasteiger partial charge in [-0.1, -0.05) is 6.92 Å². The Balaban J connectivity index is 2.86. The molecule has 0 radical (unpaired) electrons. The summed E-state index contributed by atoms with van der Waals surface area (Å²) in [6.45, 7) is 1.93. The Labute approximate surface area is 71.0 Å². The molecule has 0 aliphatic rings. The third kappa shape index (κ3) is 1.61. The van der Waals surface area contributed by atoms with Crippen LogP contribution in [0.3, 0.4) is 0 Å². The number of aromatic nitrogens is 1. The van der Waals surface area contributed by atoms with Gasteiger partial charge in [0.15, 0.2) is 6.29 Å². The van der Waals surface area contributed by atoms with Crippen LogP contribution in [0.4, 0.5) is 0 Å². The van der Waals surface area contributed by atoms with E-state index >= 15 is 0 Å². The minimum Gasteiger partial charge on any atom is -0.296 e. The summed E-state index contributed by atoms with van der Waals surface area (Å²) in [7, 11) is 0. The maximum Gasteiger partial charge on any atom is 0.231 e. The fourth-order valence-electron chi connectivity index (χ4n) is 1.05. The molecule has 0 aliphatic carbocycles. The lowest BCUT2D eigenvalue weighted by Crippen LogP contribution is -2.11. The van der Waals surface area contributed by atoms with E-state index in [-0.39, 0.29) is 5.91 Å². The van der Waals surface area contributed by atoms with Gasteiger partial charge < -0.3 is 0 Å². The molecule has 1 heterocycles. The first-order valence-corrected chi connectivity index (χ1v) is 3.95. The molecule has 0 bridgehead atoms. The third-order valence-corrected chi connectivity index (χ3v) is 1.63. The SMILES string of the molecule is CCCC(=O)n1cccc1C=O. The van der Waals surface area contributed by atoms with Gasteiger partial charge in [-0.05, 0) is 18.6 Å². The van der Waals surface area contributed by atoms with Crippen LogP contribution in [-0.2, 0) is 0 Å². The second-order valence-electron chi connectivity index (χ2n) is 2.56. The number of rotatable bonds is 3. The Morgan fingerprint density at radius 2 is 2.42 bits per heavy atom. The average molecular weight is 165 g/mol. The molecule has 0 fully saturated rings. The second-order valence-corrected chi connectivity index (χ2v) is 2.56. The fourth-order valence-corrected chi connectivity index (χ4v) is 1.05. The van der Waals surface area contributed by atoms with Crippen LogP contribution in [0.2, 0.25) is 0 Å². The van der Waals surface area contributed by atoms with Gasteiger partial charge in [0.1, 0.15) is 0 Å². The van der Waals surface area contributed by atoms with Crippen molar-refractivity contribution < 1.29 is 9.59 Å². The van der Waals surface area contributed by atoms with Crippen LogP contribution < -0.4 is 0 Å². The maximum absolute atomic E-state index is 11.3. The predicted molar refractivity (Wildman–Crippen MR) is 45.4 cm³/mol. The summed E-state index contributed by atoms with van der Waals surface area (Å²) in [5.41, 5.74) is 0.424. The molecule has 0 N–H and O–H groups in total. The van der Waals surface area contributed by atoms with Gasteiger partial charge in [-0.25, -0.2) is 0 Å². The van der Waals surface area contributed by atoms with E-state index in [1.807, 2.05) is 6.92 Å². The first-order valence-electron chi connectivity index (χ1n) is 3.95. The summed E-state index contributed by atoms with van der Waals surface area (Å²) in [6, 6.07) is 3.32. The standard InChI is InChI=1S/C9H11NO2/c1-2-4-9(12)10-6-3-5-8(10)7-11/h3,5-7H,2,4H2,1H3. The molecule has 0 saturated heterocycles. The fraction of sp³-hybridized carbons (Fsp3) is 0.333. The van der Waals surface area contributed by atoms with Crippen molar-refractivity contribution in [3.8, 4) is 0 Å². The Hall–Kier alpha value is -1.38. The lowest BCUT2D eigenvalue weighted by Gasteiger charge is -2.00. The van der Waals surface area contributed by atoms with Gasteiger partial charge in [0, 0.05) is 12.6 Å². The Kier molecular flexibility index (Phi) is 2.80. The van der Waals surface area contributed by atoms with Gasteiger partial charge in [-0.2, -0.15) is 0 Å². The Bertz CT molecular complexity index is 288. The van der Waals surface area contributed by atoms with Crippen LogP contribution in [0.25, 0.3) is 0 Å². The van der Waals surface area contributed by atoms with Gasteiger partial charge in [-0.15, -0.1) is 0 Å². The Morgan fingerprint density at radius 1 is 1.67 bits per heavy atom. The zero-order valence-electron chi connectivity index (χ0n) is 6.99. The van der Waals surface area contributed by atoms with Crippen molar-refractivity contribution >= 4 is 12.2 Å². The van der Waals surface area contributed by atoms with Crippen molar-refractivity contribution in [2.75, 3.05) is 0 Å². The lowest BCUT2D eigenvalue weighted by molar-refractivity contribution is 0.0891. The first kappa shape index (κ1) is 8.71. The highest BCUT2D eigenvalue weighted by atomic mass is 16.2. The first-order chi connectivity index (χ1) is 5.79. The molecule has 0 saturated carbocycles. The quantitative estimate of drug-likeness (QED) is 0.640. The monoisotopic (exact) mass is 165 g/mol. The van der Waals surface area contributed by atoms with Gasteiger partial charge in [0.2, 0.25) is 5.91 Å².